The molecule has 3 unspecified atom stereocenters. The second-order valence-corrected chi connectivity index (χ2v) is 17.5. The first kappa shape index (κ1) is 60.8. The van der Waals surface area contributed by atoms with Crippen molar-refractivity contribution in [2.45, 2.75) is 251 Å². The first-order valence-corrected chi connectivity index (χ1v) is 26.5. The fraction of sp³-hybridized carbons (Fsp3) is 0.690. The van der Waals surface area contributed by atoms with Gasteiger partial charge in [-0.3, -0.25) is 9.59 Å². The minimum absolute atomic E-state index is 0.0368. The third-order valence-electron chi connectivity index (χ3n) is 11.4. The van der Waals surface area contributed by atoms with Crippen LogP contribution in [0.3, 0.4) is 0 Å². The highest BCUT2D eigenvalue weighted by molar-refractivity contribution is 5.77. The molecule has 0 aliphatic carbocycles. The summed E-state index contributed by atoms with van der Waals surface area (Å²) in [5.41, 5.74) is 0. The Morgan fingerprint density at radius 3 is 1.31 bits per heavy atom. The molecule has 6 nitrogen and oxygen atoms in total. The van der Waals surface area contributed by atoms with Crippen molar-refractivity contribution in [2.75, 3.05) is 6.61 Å². The molecule has 0 aromatic carbocycles. The lowest BCUT2D eigenvalue weighted by molar-refractivity contribution is -0.150. The number of rotatable bonds is 46. The Labute approximate surface area is 395 Å². The summed E-state index contributed by atoms with van der Waals surface area (Å²) in [5.74, 6) is -0.588. The van der Waals surface area contributed by atoms with E-state index in [2.05, 4.69) is 117 Å². The number of carbonyl (C=O) groups excluding carboxylic acids is 2. The summed E-state index contributed by atoms with van der Waals surface area (Å²) in [6.07, 6.45) is 67.6. The van der Waals surface area contributed by atoms with Gasteiger partial charge in [0.2, 0.25) is 5.91 Å². The number of nitrogens with one attached hydrogen (secondary N) is 1. The fourth-order valence-electron chi connectivity index (χ4n) is 7.43. The highest BCUT2D eigenvalue weighted by Crippen LogP contribution is 2.17. The molecule has 1 amide bonds. The van der Waals surface area contributed by atoms with E-state index in [4.69, 9.17) is 4.74 Å². The lowest BCUT2D eigenvalue weighted by atomic mass is 10.0. The maximum atomic E-state index is 13.2. The number of ether oxygens (including phenoxy) is 1. The summed E-state index contributed by atoms with van der Waals surface area (Å²) in [5, 5.41) is 23.7. The first-order valence-electron chi connectivity index (χ1n) is 26.5. The van der Waals surface area contributed by atoms with Gasteiger partial charge in [0.05, 0.1) is 25.2 Å². The molecule has 366 valence electrons. The van der Waals surface area contributed by atoms with Crippen LogP contribution in [-0.2, 0) is 14.3 Å². The quantitative estimate of drug-likeness (QED) is 0.0321. The molecule has 0 saturated carbocycles. The van der Waals surface area contributed by atoms with Crippen molar-refractivity contribution in [1.82, 2.24) is 5.32 Å². The normalized spacial score (nSPS) is 14.0. The van der Waals surface area contributed by atoms with E-state index in [0.29, 0.717) is 19.3 Å². The average Bonchev–Trinajstić information content (AvgIpc) is 3.29. The van der Waals surface area contributed by atoms with Gasteiger partial charge in [-0.1, -0.05) is 221 Å². The molecule has 0 heterocycles. The molecule has 3 N–H and O–H groups in total. The number of aliphatic hydroxyl groups excluding tert-OH is 2. The Kier molecular flexibility index (Phi) is 48.2. The molecular formula is C58H99NO5. The number of hydrogen-bond acceptors (Lipinski definition) is 5. The molecule has 0 aromatic rings. The topological polar surface area (TPSA) is 95.9 Å². The van der Waals surface area contributed by atoms with E-state index in [-0.39, 0.29) is 31.3 Å². The molecule has 0 radical (unpaired) electrons. The van der Waals surface area contributed by atoms with Gasteiger partial charge in [0, 0.05) is 6.42 Å². The first-order chi connectivity index (χ1) is 31.5. The van der Waals surface area contributed by atoms with Gasteiger partial charge in [0.1, 0.15) is 6.10 Å². The Morgan fingerprint density at radius 2 is 0.844 bits per heavy atom. The van der Waals surface area contributed by atoms with Crippen LogP contribution in [0.25, 0.3) is 0 Å². The van der Waals surface area contributed by atoms with Crippen molar-refractivity contribution in [3.8, 4) is 0 Å². The van der Waals surface area contributed by atoms with Gasteiger partial charge in [0.15, 0.2) is 0 Å². The predicted octanol–water partition coefficient (Wildman–Crippen LogP) is 16.1. The van der Waals surface area contributed by atoms with Crippen LogP contribution in [0, 0.1) is 0 Å². The summed E-state index contributed by atoms with van der Waals surface area (Å²) in [6, 6.07) is -0.723. The zero-order valence-electron chi connectivity index (χ0n) is 41.6. The molecule has 0 aromatic heterocycles. The number of aliphatic hydroxyl groups is 2. The monoisotopic (exact) mass is 890 g/mol. The van der Waals surface area contributed by atoms with Crippen molar-refractivity contribution in [3.63, 3.8) is 0 Å². The molecular weight excluding hydrogens is 791 g/mol. The zero-order valence-corrected chi connectivity index (χ0v) is 41.6. The molecule has 0 aliphatic heterocycles. The van der Waals surface area contributed by atoms with E-state index in [9.17, 15) is 19.8 Å². The van der Waals surface area contributed by atoms with Crippen LogP contribution < -0.4 is 5.32 Å². The highest BCUT2D eigenvalue weighted by Gasteiger charge is 2.24. The SMILES string of the molecule is CC/C=C\C/C=C\C/C=C\C/C=C\C/C=C\C/C=C\CCC(=O)OC(CCCCCCCCC/C=C\C/C=C\CCCCC)CC(=O)NC(CO)C(O)CCCCCCCCCCC. The van der Waals surface area contributed by atoms with Crippen LogP contribution in [0.5, 0.6) is 0 Å². The third kappa shape index (κ3) is 45.4. The number of carbonyl (C=O) groups is 2. The van der Waals surface area contributed by atoms with Crippen LogP contribution in [0.15, 0.2) is 97.2 Å². The second kappa shape index (κ2) is 50.8. The third-order valence-corrected chi connectivity index (χ3v) is 11.4. The van der Waals surface area contributed by atoms with Gasteiger partial charge in [-0.25, -0.2) is 0 Å². The van der Waals surface area contributed by atoms with Crippen LogP contribution in [0.1, 0.15) is 233 Å². The average molecular weight is 890 g/mol. The number of allylic oxidation sites excluding steroid dienone is 16. The van der Waals surface area contributed by atoms with E-state index in [1.807, 2.05) is 6.08 Å². The van der Waals surface area contributed by atoms with Crippen LogP contribution >= 0.6 is 0 Å². The van der Waals surface area contributed by atoms with Gasteiger partial charge in [-0.2, -0.15) is 0 Å². The highest BCUT2D eigenvalue weighted by atomic mass is 16.5. The van der Waals surface area contributed by atoms with E-state index >= 15 is 0 Å². The van der Waals surface area contributed by atoms with Gasteiger partial charge in [-0.05, 0) is 96.3 Å². The number of esters is 1. The standard InChI is InChI=1S/C58H99NO5/c1-4-7-10-13-16-19-21-23-25-27-28-30-32-34-36-39-42-45-48-51-58(63)64-54(49-46-43-40-38-35-33-31-29-26-24-22-20-17-14-11-8-5-2)52-57(62)59-55(53-60)56(61)50-47-44-41-37-18-15-12-9-6-3/h7,10,16-17,19-20,23-26,28,30,34,36,42,45,54-56,60-61H,4-6,8-9,11-15,18,21-22,27,29,31-33,35,37-41,43-44,46-53H2,1-3H3,(H,59,62)/b10-7-,19-16-,20-17-,25-23-,26-24-,30-28-,36-34-,45-42-. The molecule has 3 atom stereocenters. The maximum absolute atomic E-state index is 13.2. The predicted molar refractivity (Wildman–Crippen MR) is 277 cm³/mol. The Morgan fingerprint density at radius 1 is 0.469 bits per heavy atom. The minimum atomic E-state index is -0.806. The van der Waals surface area contributed by atoms with Gasteiger partial charge in [0.25, 0.3) is 0 Å². The molecule has 0 fully saturated rings. The van der Waals surface area contributed by atoms with E-state index in [1.165, 1.54) is 89.9 Å². The van der Waals surface area contributed by atoms with Crippen LogP contribution in [-0.4, -0.2) is 46.9 Å². The Balaban J connectivity index is 4.72. The van der Waals surface area contributed by atoms with E-state index in [0.717, 1.165) is 89.9 Å². The molecule has 0 aliphatic rings. The summed E-state index contributed by atoms with van der Waals surface area (Å²) < 4.78 is 5.89. The van der Waals surface area contributed by atoms with Crippen molar-refractivity contribution >= 4 is 11.9 Å². The van der Waals surface area contributed by atoms with Crippen LogP contribution in [0.2, 0.25) is 0 Å². The number of hydrogen-bond donors (Lipinski definition) is 3. The van der Waals surface area contributed by atoms with Crippen LogP contribution in [0.4, 0.5) is 0 Å². The summed E-state index contributed by atoms with van der Waals surface area (Å²) in [7, 11) is 0. The molecule has 64 heavy (non-hydrogen) atoms. The lowest BCUT2D eigenvalue weighted by Gasteiger charge is -2.24. The zero-order chi connectivity index (χ0) is 46.7. The summed E-state index contributed by atoms with van der Waals surface area (Å²) >= 11 is 0. The van der Waals surface area contributed by atoms with Gasteiger partial charge < -0.3 is 20.3 Å². The number of amides is 1. The second-order valence-electron chi connectivity index (χ2n) is 17.5. The summed E-state index contributed by atoms with van der Waals surface area (Å²) in [4.78, 5) is 26.1. The minimum Gasteiger partial charge on any atom is -0.462 e. The van der Waals surface area contributed by atoms with Crippen molar-refractivity contribution in [3.05, 3.63) is 97.2 Å². The van der Waals surface area contributed by atoms with E-state index < -0.39 is 18.2 Å². The molecule has 6 heteroatoms. The molecule has 0 rings (SSSR count). The molecule has 0 saturated heterocycles. The molecule has 0 bridgehead atoms. The van der Waals surface area contributed by atoms with E-state index in [1.54, 1.807) is 0 Å². The van der Waals surface area contributed by atoms with Crippen molar-refractivity contribution in [1.29, 1.82) is 0 Å². The number of unbranched alkanes of at least 4 members (excludes halogenated alkanes) is 18. The van der Waals surface area contributed by atoms with Crippen molar-refractivity contribution < 1.29 is 24.5 Å². The summed E-state index contributed by atoms with van der Waals surface area (Å²) in [6.45, 7) is 6.30. The largest absolute Gasteiger partial charge is 0.462 e. The van der Waals surface area contributed by atoms with Gasteiger partial charge in [-0.15, -0.1) is 0 Å². The Hall–Kier alpha value is -3.22. The lowest BCUT2D eigenvalue weighted by Crippen LogP contribution is -2.46. The van der Waals surface area contributed by atoms with Crippen molar-refractivity contribution in [2.24, 2.45) is 0 Å². The fourth-order valence-corrected chi connectivity index (χ4v) is 7.43. The Bertz CT molecular complexity index is 1270. The van der Waals surface area contributed by atoms with Gasteiger partial charge >= 0.3 is 5.97 Å². The molecule has 0 spiro atoms. The maximum Gasteiger partial charge on any atom is 0.306 e. The smallest absolute Gasteiger partial charge is 0.306 e.